The van der Waals surface area contributed by atoms with Gasteiger partial charge in [0.2, 0.25) is 5.91 Å². The second kappa shape index (κ2) is 9.76. The van der Waals surface area contributed by atoms with Gasteiger partial charge in [-0.05, 0) is 42.4 Å². The van der Waals surface area contributed by atoms with Crippen molar-refractivity contribution in [3.8, 4) is 10.4 Å². The van der Waals surface area contributed by atoms with Crippen LogP contribution in [-0.4, -0.2) is 42.8 Å². The number of nitrogens with two attached hydrogens (primary N) is 1. The summed E-state index contributed by atoms with van der Waals surface area (Å²) in [6, 6.07) is 18.6. The zero-order valence-corrected chi connectivity index (χ0v) is 19.7. The first kappa shape index (κ1) is 22.3. The fourth-order valence-electron chi connectivity index (χ4n) is 4.22. The molecule has 9 heteroatoms. The fraction of sp³-hybridized carbons (Fsp3) is 0.240. The lowest BCUT2D eigenvalue weighted by Crippen LogP contribution is -2.47. The first-order valence-corrected chi connectivity index (χ1v) is 12.1. The second-order valence-electron chi connectivity index (χ2n) is 8.25. The third kappa shape index (κ3) is 4.58. The average molecular weight is 474 g/mol. The van der Waals surface area contributed by atoms with Crippen molar-refractivity contribution in [3.05, 3.63) is 71.2 Å². The molecule has 1 aliphatic rings. The van der Waals surface area contributed by atoms with Gasteiger partial charge in [0.1, 0.15) is 6.17 Å². The molecule has 0 saturated carbocycles. The Labute approximate surface area is 202 Å². The van der Waals surface area contributed by atoms with Crippen LogP contribution >= 0.6 is 11.3 Å². The molecular formula is C25H27N7OS. The van der Waals surface area contributed by atoms with Gasteiger partial charge >= 0.3 is 0 Å². The summed E-state index contributed by atoms with van der Waals surface area (Å²) in [6.45, 7) is 2.56. The van der Waals surface area contributed by atoms with E-state index < -0.39 is 6.17 Å². The summed E-state index contributed by atoms with van der Waals surface area (Å²) < 4.78 is 0. The van der Waals surface area contributed by atoms with Gasteiger partial charge in [0.05, 0.1) is 12.7 Å². The molecule has 0 radical (unpaired) electrons. The molecule has 1 amide bonds. The van der Waals surface area contributed by atoms with E-state index in [1.54, 1.807) is 17.5 Å². The zero-order valence-electron chi connectivity index (χ0n) is 18.9. The molecule has 3 heterocycles. The standard InChI is InChI=1S/C25H27N7OS/c1-27-13-16-4-2-3-5-19(16)21-8-9-22(34-21)24(26)30-25-20-12-18(7-6-17(20)14-29-31-25)32-11-10-28-23(33)15-32/h2-9,12,14,24,27H,10-11,13,15,26H2,1H3,(H,28,33)(H,30,31)/t24-/m0/s1. The van der Waals surface area contributed by atoms with E-state index in [0.29, 0.717) is 18.9 Å². The first-order chi connectivity index (χ1) is 16.6. The Morgan fingerprint density at radius 1 is 1.21 bits per heavy atom. The van der Waals surface area contributed by atoms with Crippen LogP contribution < -0.4 is 26.6 Å². The number of carbonyl (C=O) groups excluding carboxylic acids is 1. The number of hydrogen-bond donors (Lipinski definition) is 4. The Hall–Kier alpha value is -3.53. The van der Waals surface area contributed by atoms with Gasteiger partial charge in [-0.15, -0.1) is 16.4 Å². The highest BCUT2D eigenvalue weighted by Crippen LogP contribution is 2.34. The summed E-state index contributed by atoms with van der Waals surface area (Å²) in [5.41, 5.74) is 10.00. The van der Waals surface area contributed by atoms with Crippen LogP contribution in [0.15, 0.2) is 60.8 Å². The molecule has 0 aliphatic carbocycles. The van der Waals surface area contributed by atoms with E-state index in [-0.39, 0.29) is 5.91 Å². The van der Waals surface area contributed by atoms with Crippen LogP contribution in [0.25, 0.3) is 21.2 Å². The second-order valence-corrected chi connectivity index (χ2v) is 9.36. The van der Waals surface area contributed by atoms with E-state index in [4.69, 9.17) is 5.73 Å². The number of amides is 1. The number of thiophene rings is 1. The molecule has 2 aromatic carbocycles. The van der Waals surface area contributed by atoms with Crippen molar-refractivity contribution in [1.29, 1.82) is 0 Å². The van der Waals surface area contributed by atoms with Gasteiger partial charge in [0.25, 0.3) is 0 Å². The third-order valence-electron chi connectivity index (χ3n) is 5.93. The van der Waals surface area contributed by atoms with Crippen LogP contribution in [0.5, 0.6) is 0 Å². The minimum absolute atomic E-state index is 0.0318. The van der Waals surface area contributed by atoms with Crippen LogP contribution in [0.2, 0.25) is 0 Å². The molecule has 1 aliphatic heterocycles. The number of hydrogen-bond acceptors (Lipinski definition) is 8. The van der Waals surface area contributed by atoms with Crippen molar-refractivity contribution in [2.75, 3.05) is 36.9 Å². The van der Waals surface area contributed by atoms with Gasteiger partial charge in [-0.2, -0.15) is 5.10 Å². The number of rotatable bonds is 7. The topological polar surface area (TPSA) is 108 Å². The van der Waals surface area contributed by atoms with E-state index in [1.807, 2.05) is 25.2 Å². The van der Waals surface area contributed by atoms with E-state index in [9.17, 15) is 4.79 Å². The van der Waals surface area contributed by atoms with Crippen LogP contribution in [-0.2, 0) is 11.3 Å². The molecule has 2 aromatic heterocycles. The van der Waals surface area contributed by atoms with Gasteiger partial charge in [0, 0.05) is 45.8 Å². The number of piperazine rings is 1. The Morgan fingerprint density at radius 3 is 2.94 bits per heavy atom. The van der Waals surface area contributed by atoms with Gasteiger partial charge in [-0.25, -0.2) is 0 Å². The summed E-state index contributed by atoms with van der Waals surface area (Å²) in [7, 11) is 1.95. The maximum atomic E-state index is 11.8. The first-order valence-electron chi connectivity index (χ1n) is 11.2. The number of benzene rings is 2. The molecule has 8 nitrogen and oxygen atoms in total. The van der Waals surface area contributed by atoms with E-state index >= 15 is 0 Å². The monoisotopic (exact) mass is 473 g/mol. The lowest BCUT2D eigenvalue weighted by molar-refractivity contribution is -0.120. The van der Waals surface area contributed by atoms with Crippen LogP contribution in [0.1, 0.15) is 16.6 Å². The highest BCUT2D eigenvalue weighted by molar-refractivity contribution is 7.15. The molecular weight excluding hydrogens is 446 g/mol. The third-order valence-corrected chi connectivity index (χ3v) is 7.13. The highest BCUT2D eigenvalue weighted by Gasteiger charge is 2.18. The number of fused-ring (bicyclic) bond motifs is 1. The molecule has 1 fully saturated rings. The molecule has 0 unspecified atom stereocenters. The van der Waals surface area contributed by atoms with E-state index in [0.717, 1.165) is 34.4 Å². The molecule has 0 spiro atoms. The Morgan fingerprint density at radius 2 is 2.09 bits per heavy atom. The van der Waals surface area contributed by atoms with Gasteiger partial charge in [-0.3, -0.25) is 4.79 Å². The predicted molar refractivity (Wildman–Crippen MR) is 138 cm³/mol. The minimum atomic E-state index is -0.431. The van der Waals surface area contributed by atoms with Crippen molar-refractivity contribution in [2.45, 2.75) is 12.7 Å². The maximum Gasteiger partial charge on any atom is 0.239 e. The highest BCUT2D eigenvalue weighted by atomic mass is 32.1. The number of nitrogens with one attached hydrogen (secondary N) is 3. The van der Waals surface area contributed by atoms with E-state index in [1.165, 1.54) is 16.0 Å². The molecule has 1 saturated heterocycles. The molecule has 5 rings (SSSR count). The van der Waals surface area contributed by atoms with Crippen molar-refractivity contribution >= 4 is 39.5 Å². The SMILES string of the molecule is CNCc1ccccc1-c1ccc([C@@H](N)Nc2nncc3ccc(N4CCNC(=O)C4)cc23)s1. The van der Waals surface area contributed by atoms with Crippen LogP contribution in [0.3, 0.4) is 0 Å². The molecule has 1 atom stereocenters. The lowest BCUT2D eigenvalue weighted by Gasteiger charge is -2.29. The van der Waals surface area contributed by atoms with Crippen molar-refractivity contribution in [3.63, 3.8) is 0 Å². The number of aromatic nitrogens is 2. The van der Waals surface area contributed by atoms with Gasteiger partial charge < -0.3 is 26.6 Å². The lowest BCUT2D eigenvalue weighted by atomic mass is 10.1. The normalized spacial score (nSPS) is 14.8. The number of nitrogens with zero attached hydrogens (tertiary/aromatic N) is 3. The van der Waals surface area contributed by atoms with Crippen LogP contribution in [0, 0.1) is 0 Å². The number of anilines is 2. The Balaban J connectivity index is 1.40. The smallest absolute Gasteiger partial charge is 0.239 e. The largest absolute Gasteiger partial charge is 0.360 e. The Bertz CT molecular complexity index is 1320. The molecule has 4 aromatic rings. The van der Waals surface area contributed by atoms with Crippen molar-refractivity contribution in [1.82, 2.24) is 20.8 Å². The molecule has 0 bridgehead atoms. The average Bonchev–Trinajstić information content (AvgIpc) is 3.35. The quantitative estimate of drug-likeness (QED) is 0.306. The Kier molecular flexibility index (Phi) is 6.39. The van der Waals surface area contributed by atoms with Crippen molar-refractivity contribution in [2.24, 2.45) is 5.73 Å². The number of carbonyl (C=O) groups is 1. The van der Waals surface area contributed by atoms with Crippen molar-refractivity contribution < 1.29 is 4.79 Å². The summed E-state index contributed by atoms with van der Waals surface area (Å²) in [6.07, 6.45) is 1.31. The summed E-state index contributed by atoms with van der Waals surface area (Å²) in [5, 5.41) is 19.8. The minimum Gasteiger partial charge on any atom is -0.360 e. The molecule has 34 heavy (non-hydrogen) atoms. The van der Waals surface area contributed by atoms with E-state index in [2.05, 4.69) is 67.4 Å². The van der Waals surface area contributed by atoms with Gasteiger partial charge in [0.15, 0.2) is 5.82 Å². The molecule has 5 N–H and O–H groups in total. The molecule has 174 valence electrons. The summed E-state index contributed by atoms with van der Waals surface area (Å²) in [4.78, 5) is 16.1. The predicted octanol–water partition coefficient (Wildman–Crippen LogP) is 3.08. The fourth-order valence-corrected chi connectivity index (χ4v) is 5.24. The summed E-state index contributed by atoms with van der Waals surface area (Å²) in [5.74, 6) is 0.656. The summed E-state index contributed by atoms with van der Waals surface area (Å²) >= 11 is 1.67. The zero-order chi connectivity index (χ0) is 23.5. The van der Waals surface area contributed by atoms with Gasteiger partial charge in [-0.1, -0.05) is 30.3 Å². The van der Waals surface area contributed by atoms with Crippen LogP contribution in [0.4, 0.5) is 11.5 Å². The maximum absolute atomic E-state index is 11.8.